The molecule has 0 saturated heterocycles. The monoisotopic (exact) mass is 218 g/mol. The van der Waals surface area contributed by atoms with Gasteiger partial charge < -0.3 is 0 Å². The van der Waals surface area contributed by atoms with Gasteiger partial charge in [0.25, 0.3) is 0 Å². The van der Waals surface area contributed by atoms with Crippen molar-refractivity contribution in [3.63, 3.8) is 0 Å². The minimum Gasteiger partial charge on any atom is -0.295 e. The minimum atomic E-state index is -0.275. The van der Waals surface area contributed by atoms with Crippen molar-refractivity contribution in [3.8, 4) is 0 Å². The molecule has 56 valence electrons. The number of hydrogen-bond acceptors (Lipinski definition) is 2. The van der Waals surface area contributed by atoms with Crippen molar-refractivity contribution in [2.45, 2.75) is 32.6 Å². The first-order valence-electron chi connectivity index (χ1n) is 3.29. The fourth-order valence-corrected chi connectivity index (χ4v) is 0.608. The minimum absolute atomic E-state index is 0. The Labute approximate surface area is 80.5 Å². The molecule has 0 aromatic rings. The van der Waals surface area contributed by atoms with E-state index in [2.05, 4.69) is 6.92 Å². The van der Waals surface area contributed by atoms with Crippen LogP contribution in [0, 0.1) is 0 Å². The summed E-state index contributed by atoms with van der Waals surface area (Å²) in [6.45, 7) is 2.06. The van der Waals surface area contributed by atoms with Crippen molar-refractivity contribution in [1.29, 1.82) is 0 Å². The molecule has 0 fully saturated rings. The van der Waals surface area contributed by atoms with Gasteiger partial charge >= 0.3 is 0 Å². The third-order valence-corrected chi connectivity index (χ3v) is 1.16. The number of carbonyl (C=O) groups excluding carboxylic acids is 2. The molecule has 0 atom stereocenters. The van der Waals surface area contributed by atoms with Crippen LogP contribution in [-0.4, -0.2) is 12.1 Å². The fraction of sp³-hybridized carbons (Fsp3) is 0.714. The quantitative estimate of drug-likeness (QED) is 0.397. The van der Waals surface area contributed by atoms with E-state index in [1.54, 1.807) is 0 Å². The van der Waals surface area contributed by atoms with Gasteiger partial charge in [0.05, 0.1) is 0 Å². The van der Waals surface area contributed by atoms with Gasteiger partial charge in [-0.05, 0) is 6.42 Å². The van der Waals surface area contributed by atoms with E-state index in [0.717, 1.165) is 19.3 Å². The molecule has 0 N–H and O–H groups in total. The summed E-state index contributed by atoms with van der Waals surface area (Å²) in [5, 5.41) is 0. The predicted molar refractivity (Wildman–Crippen MR) is 35.2 cm³/mol. The van der Waals surface area contributed by atoms with Crippen molar-refractivity contribution in [2.24, 2.45) is 0 Å². The molecular weight excluding hydrogens is 207 g/mol. The number of unbranched alkanes of at least 4 members (excludes halogenated alkanes) is 2. The summed E-state index contributed by atoms with van der Waals surface area (Å²) in [7, 11) is 0. The Morgan fingerprint density at radius 1 is 1.40 bits per heavy atom. The predicted octanol–water partition coefficient (Wildman–Crippen LogP) is 1.33. The number of hydrogen-bond donors (Lipinski definition) is 0. The van der Waals surface area contributed by atoms with Crippen LogP contribution in [0.15, 0.2) is 0 Å². The van der Waals surface area contributed by atoms with Crippen molar-refractivity contribution in [3.05, 3.63) is 0 Å². The van der Waals surface area contributed by atoms with Crippen LogP contribution < -0.4 is 0 Å². The van der Waals surface area contributed by atoms with Gasteiger partial charge in [0.15, 0.2) is 12.1 Å². The smallest absolute Gasteiger partial charge is 0.195 e. The molecule has 0 radical (unpaired) electrons. The third-order valence-electron chi connectivity index (χ3n) is 1.16. The van der Waals surface area contributed by atoms with E-state index in [1.807, 2.05) is 0 Å². The van der Waals surface area contributed by atoms with Crippen molar-refractivity contribution < 1.29 is 35.8 Å². The van der Waals surface area contributed by atoms with Gasteiger partial charge in [-0.15, -0.1) is 0 Å². The molecule has 0 heterocycles. The van der Waals surface area contributed by atoms with Crippen molar-refractivity contribution in [1.82, 2.24) is 0 Å². The average molecular weight is 219 g/mol. The Kier molecular flexibility index (Phi) is 11.9. The second-order valence-electron chi connectivity index (χ2n) is 2.04. The first-order chi connectivity index (χ1) is 4.31. The number of carbonyl (C=O) groups is 2. The maximum Gasteiger partial charge on any atom is 0.195 e. The average Bonchev–Trinajstić information content (AvgIpc) is 1.89. The van der Waals surface area contributed by atoms with Crippen LogP contribution in [-0.2, 0) is 35.8 Å². The molecule has 0 saturated carbocycles. The van der Waals surface area contributed by atoms with E-state index in [0.29, 0.717) is 12.7 Å². The summed E-state index contributed by atoms with van der Waals surface area (Å²) in [4.78, 5) is 20.1. The normalized spacial score (nSPS) is 8.10. The molecule has 0 spiro atoms. The topological polar surface area (TPSA) is 34.1 Å². The molecule has 0 aliphatic heterocycles. The van der Waals surface area contributed by atoms with Crippen LogP contribution in [0.3, 0.4) is 0 Å². The molecule has 2 nitrogen and oxygen atoms in total. The third kappa shape index (κ3) is 8.22. The molecule has 0 aromatic heterocycles. The molecule has 0 aromatic carbocycles. The van der Waals surface area contributed by atoms with Crippen LogP contribution in [0.25, 0.3) is 0 Å². The Morgan fingerprint density at radius 3 is 2.40 bits per heavy atom. The summed E-state index contributed by atoms with van der Waals surface area (Å²) in [6, 6.07) is 0. The van der Waals surface area contributed by atoms with Gasteiger partial charge in [-0.2, -0.15) is 0 Å². The summed E-state index contributed by atoms with van der Waals surface area (Å²) < 4.78 is 0. The molecule has 3 heteroatoms. The molecule has 0 aliphatic rings. The SMILES string of the molecule is CCCCCC(=O)C=O.[Zr]. The van der Waals surface area contributed by atoms with Gasteiger partial charge in [0, 0.05) is 32.6 Å². The van der Waals surface area contributed by atoms with E-state index >= 15 is 0 Å². The molecule has 10 heavy (non-hydrogen) atoms. The molecule has 0 rings (SSSR count). The number of rotatable bonds is 5. The Balaban J connectivity index is 0. The van der Waals surface area contributed by atoms with Gasteiger partial charge in [-0.3, -0.25) is 9.59 Å². The summed E-state index contributed by atoms with van der Waals surface area (Å²) in [6.07, 6.45) is 3.81. The van der Waals surface area contributed by atoms with Crippen LogP contribution in [0.5, 0.6) is 0 Å². The van der Waals surface area contributed by atoms with Crippen molar-refractivity contribution in [2.75, 3.05) is 0 Å². The molecule has 0 unspecified atom stereocenters. The first kappa shape index (κ1) is 12.9. The van der Waals surface area contributed by atoms with E-state index < -0.39 is 0 Å². The maximum atomic E-state index is 10.3. The second-order valence-corrected chi connectivity index (χ2v) is 2.04. The van der Waals surface area contributed by atoms with Gasteiger partial charge in [-0.25, -0.2) is 0 Å². The fourth-order valence-electron chi connectivity index (χ4n) is 0.608. The number of aldehydes is 1. The maximum absolute atomic E-state index is 10.3. The van der Waals surface area contributed by atoms with Crippen molar-refractivity contribution >= 4 is 12.1 Å². The van der Waals surface area contributed by atoms with E-state index in [-0.39, 0.29) is 32.0 Å². The number of ketones is 1. The largest absolute Gasteiger partial charge is 0.295 e. The van der Waals surface area contributed by atoms with Gasteiger partial charge in [-0.1, -0.05) is 19.8 Å². The van der Waals surface area contributed by atoms with E-state index in [4.69, 9.17) is 0 Å². The molecule has 0 bridgehead atoms. The van der Waals surface area contributed by atoms with Gasteiger partial charge in [0.2, 0.25) is 0 Å². The van der Waals surface area contributed by atoms with Crippen LogP contribution >= 0.6 is 0 Å². The zero-order valence-corrected chi connectivity index (χ0v) is 8.68. The molecule has 0 amide bonds. The van der Waals surface area contributed by atoms with Gasteiger partial charge in [0.1, 0.15) is 0 Å². The Bertz CT molecular complexity index is 102. The second kappa shape index (κ2) is 9.22. The zero-order chi connectivity index (χ0) is 7.11. The van der Waals surface area contributed by atoms with E-state index in [1.165, 1.54) is 0 Å². The molecule has 0 aliphatic carbocycles. The summed E-state index contributed by atoms with van der Waals surface area (Å²) in [5.74, 6) is -0.275. The first-order valence-corrected chi connectivity index (χ1v) is 3.29. The summed E-state index contributed by atoms with van der Waals surface area (Å²) >= 11 is 0. The van der Waals surface area contributed by atoms with Crippen LogP contribution in [0.2, 0.25) is 0 Å². The number of Topliss-reactive ketones (excluding diaryl/α,β-unsaturated/α-hetero) is 1. The van der Waals surface area contributed by atoms with Crippen LogP contribution in [0.4, 0.5) is 0 Å². The Morgan fingerprint density at radius 2 is 2.00 bits per heavy atom. The molecular formula is C7H12O2Zr. The zero-order valence-electron chi connectivity index (χ0n) is 6.22. The van der Waals surface area contributed by atoms with Crippen LogP contribution in [0.1, 0.15) is 32.6 Å². The Hall–Kier alpha value is 0.223. The van der Waals surface area contributed by atoms with E-state index in [9.17, 15) is 9.59 Å². The standard InChI is InChI=1S/C7H12O2.Zr/c1-2-3-4-5-7(9)6-8;/h6H,2-5H2,1H3;. The summed E-state index contributed by atoms with van der Waals surface area (Å²) in [5.41, 5.74) is 0.